The molecule has 0 atom stereocenters. The second kappa shape index (κ2) is 10.7. The lowest BCUT2D eigenvalue weighted by Gasteiger charge is -2.11. The normalized spacial score (nSPS) is 11.5. The minimum absolute atomic E-state index is 0.612. The Labute approximate surface area is 265 Å². The van der Waals surface area contributed by atoms with Crippen LogP contribution in [0.2, 0.25) is 0 Å². The van der Waals surface area contributed by atoms with Gasteiger partial charge in [-0.15, -0.1) is 0 Å². The lowest BCUT2D eigenvalue weighted by atomic mass is 9.99. The average Bonchev–Trinajstić information content (AvgIpc) is 3.71. The van der Waals surface area contributed by atoms with Gasteiger partial charge in [0.2, 0.25) is 5.89 Å². The monoisotopic (exact) mass is 589 g/mol. The van der Waals surface area contributed by atoms with Crippen LogP contribution >= 0.6 is 0 Å². The van der Waals surface area contributed by atoms with E-state index in [4.69, 9.17) is 9.40 Å². The standard InChI is InChI=1S/C42H27N3O/c1-2-9-28(10-3-1)29-16-18-30(19-17-29)31-20-22-35-36-23-21-33(42-44-38-14-4-5-15-41(38)46-42)27-40(36)45(39(35)26-31)34-12-8-11-32(25-34)37-13-6-7-24-43-37/h1-27H. The van der Waals surface area contributed by atoms with Crippen LogP contribution in [0.3, 0.4) is 0 Å². The molecule has 0 amide bonds. The van der Waals surface area contributed by atoms with E-state index < -0.39 is 0 Å². The molecule has 0 unspecified atom stereocenters. The lowest BCUT2D eigenvalue weighted by molar-refractivity contribution is 0.620. The number of pyridine rings is 1. The Morgan fingerprint density at radius 2 is 1.09 bits per heavy atom. The second-order valence-corrected chi connectivity index (χ2v) is 11.5. The van der Waals surface area contributed by atoms with Gasteiger partial charge in [0.15, 0.2) is 5.58 Å². The molecular weight excluding hydrogens is 562 g/mol. The van der Waals surface area contributed by atoms with E-state index in [0.29, 0.717) is 5.89 Å². The number of hydrogen-bond donors (Lipinski definition) is 0. The summed E-state index contributed by atoms with van der Waals surface area (Å²) in [5.74, 6) is 0.612. The molecule has 0 fully saturated rings. The first-order valence-corrected chi connectivity index (χ1v) is 15.4. The average molecular weight is 590 g/mol. The van der Waals surface area contributed by atoms with Crippen molar-refractivity contribution in [3.8, 4) is 50.7 Å². The summed E-state index contributed by atoms with van der Waals surface area (Å²) in [5, 5.41) is 2.36. The van der Waals surface area contributed by atoms with Gasteiger partial charge >= 0.3 is 0 Å². The first-order valence-electron chi connectivity index (χ1n) is 15.4. The number of rotatable bonds is 5. The Morgan fingerprint density at radius 1 is 0.457 bits per heavy atom. The molecule has 0 aliphatic carbocycles. The summed E-state index contributed by atoms with van der Waals surface area (Å²) in [6.45, 7) is 0. The van der Waals surface area contributed by atoms with Crippen molar-refractivity contribution in [1.29, 1.82) is 0 Å². The molecule has 0 saturated heterocycles. The van der Waals surface area contributed by atoms with Gasteiger partial charge in [-0.2, -0.15) is 0 Å². The minimum Gasteiger partial charge on any atom is -0.436 e. The van der Waals surface area contributed by atoms with E-state index in [9.17, 15) is 0 Å². The molecular formula is C42H27N3O. The summed E-state index contributed by atoms with van der Waals surface area (Å²) in [4.78, 5) is 9.42. The number of oxazole rings is 1. The third-order valence-corrected chi connectivity index (χ3v) is 8.70. The van der Waals surface area contributed by atoms with E-state index in [1.165, 1.54) is 27.5 Å². The first-order chi connectivity index (χ1) is 22.8. The highest BCUT2D eigenvalue weighted by atomic mass is 16.3. The van der Waals surface area contributed by atoms with Gasteiger partial charge in [-0.1, -0.05) is 103 Å². The third-order valence-electron chi connectivity index (χ3n) is 8.70. The Kier molecular flexibility index (Phi) is 6.10. The zero-order chi connectivity index (χ0) is 30.5. The number of benzene rings is 6. The quantitative estimate of drug-likeness (QED) is 0.201. The van der Waals surface area contributed by atoms with E-state index >= 15 is 0 Å². The Morgan fingerprint density at radius 3 is 1.85 bits per heavy atom. The van der Waals surface area contributed by atoms with Gasteiger partial charge in [0, 0.05) is 33.8 Å². The summed E-state index contributed by atoms with van der Waals surface area (Å²) in [5.41, 5.74) is 12.6. The van der Waals surface area contributed by atoms with Crippen LogP contribution in [-0.4, -0.2) is 14.5 Å². The topological polar surface area (TPSA) is 43.9 Å². The van der Waals surface area contributed by atoms with Gasteiger partial charge in [-0.05, 0) is 76.9 Å². The van der Waals surface area contributed by atoms with Crippen LogP contribution in [0.4, 0.5) is 0 Å². The van der Waals surface area contributed by atoms with Crippen LogP contribution in [0.15, 0.2) is 168 Å². The molecule has 0 saturated carbocycles. The van der Waals surface area contributed by atoms with E-state index in [1.54, 1.807) is 0 Å². The number of nitrogens with zero attached hydrogens (tertiary/aromatic N) is 3. The molecule has 9 rings (SSSR count). The van der Waals surface area contributed by atoms with Gasteiger partial charge < -0.3 is 8.98 Å². The van der Waals surface area contributed by atoms with Gasteiger partial charge in [-0.25, -0.2) is 4.98 Å². The molecule has 0 bridgehead atoms. The highest BCUT2D eigenvalue weighted by Gasteiger charge is 2.17. The Hall–Kier alpha value is -6.26. The largest absolute Gasteiger partial charge is 0.436 e. The maximum atomic E-state index is 6.19. The molecule has 4 nitrogen and oxygen atoms in total. The summed E-state index contributed by atoms with van der Waals surface area (Å²) >= 11 is 0. The summed E-state index contributed by atoms with van der Waals surface area (Å²) in [6.07, 6.45) is 1.84. The molecule has 3 aromatic heterocycles. The molecule has 4 heteroatoms. The fourth-order valence-electron chi connectivity index (χ4n) is 6.43. The molecule has 3 heterocycles. The van der Waals surface area contributed by atoms with Gasteiger partial charge in [0.25, 0.3) is 0 Å². The van der Waals surface area contributed by atoms with Crippen LogP contribution in [0.25, 0.3) is 83.6 Å². The van der Waals surface area contributed by atoms with Crippen molar-refractivity contribution in [3.05, 3.63) is 164 Å². The fraction of sp³-hybridized carbons (Fsp3) is 0. The third kappa shape index (κ3) is 4.47. The molecule has 0 aliphatic heterocycles. The zero-order valence-corrected chi connectivity index (χ0v) is 24.8. The van der Waals surface area contributed by atoms with Crippen LogP contribution in [0, 0.1) is 0 Å². The highest BCUT2D eigenvalue weighted by Crippen LogP contribution is 2.38. The van der Waals surface area contributed by atoms with Crippen molar-refractivity contribution in [2.75, 3.05) is 0 Å². The Balaban J connectivity index is 1.24. The number of para-hydroxylation sites is 2. The molecule has 0 spiro atoms. The second-order valence-electron chi connectivity index (χ2n) is 11.5. The Bertz CT molecular complexity index is 2480. The van der Waals surface area contributed by atoms with Gasteiger partial charge in [-0.3, -0.25) is 4.98 Å². The molecule has 46 heavy (non-hydrogen) atoms. The van der Waals surface area contributed by atoms with E-state index in [0.717, 1.165) is 50.2 Å². The van der Waals surface area contributed by atoms with Crippen molar-refractivity contribution >= 4 is 32.9 Å². The summed E-state index contributed by atoms with van der Waals surface area (Å²) in [6, 6.07) is 55.1. The van der Waals surface area contributed by atoms with Crippen molar-refractivity contribution in [3.63, 3.8) is 0 Å². The number of fused-ring (bicyclic) bond motifs is 4. The lowest BCUT2D eigenvalue weighted by Crippen LogP contribution is -1.95. The van der Waals surface area contributed by atoms with Crippen LogP contribution < -0.4 is 0 Å². The molecule has 9 aromatic rings. The number of aromatic nitrogens is 3. The molecule has 0 N–H and O–H groups in total. The first kappa shape index (κ1) is 26.2. The van der Waals surface area contributed by atoms with Crippen molar-refractivity contribution in [2.24, 2.45) is 0 Å². The van der Waals surface area contributed by atoms with Gasteiger partial charge in [0.05, 0.1) is 16.7 Å². The molecule has 6 aromatic carbocycles. The predicted molar refractivity (Wildman–Crippen MR) is 188 cm³/mol. The zero-order valence-electron chi connectivity index (χ0n) is 24.8. The van der Waals surface area contributed by atoms with E-state index in [1.807, 2.05) is 54.7 Å². The van der Waals surface area contributed by atoms with E-state index in [-0.39, 0.29) is 0 Å². The summed E-state index contributed by atoms with van der Waals surface area (Å²) in [7, 11) is 0. The molecule has 0 aliphatic rings. The maximum absolute atomic E-state index is 6.19. The predicted octanol–water partition coefficient (Wildman–Crippen LogP) is 11.0. The maximum Gasteiger partial charge on any atom is 0.227 e. The van der Waals surface area contributed by atoms with Crippen molar-refractivity contribution < 1.29 is 4.42 Å². The van der Waals surface area contributed by atoms with E-state index in [2.05, 4.69) is 119 Å². The fourth-order valence-corrected chi connectivity index (χ4v) is 6.43. The van der Waals surface area contributed by atoms with Crippen LogP contribution in [0.1, 0.15) is 0 Å². The summed E-state index contributed by atoms with van der Waals surface area (Å²) < 4.78 is 8.54. The van der Waals surface area contributed by atoms with Crippen LogP contribution in [0.5, 0.6) is 0 Å². The number of hydrogen-bond acceptors (Lipinski definition) is 3. The smallest absolute Gasteiger partial charge is 0.227 e. The highest BCUT2D eigenvalue weighted by molar-refractivity contribution is 6.11. The minimum atomic E-state index is 0.612. The van der Waals surface area contributed by atoms with Crippen molar-refractivity contribution in [2.45, 2.75) is 0 Å². The SMILES string of the molecule is c1ccc(-c2ccc(-c3ccc4c5ccc(-c6nc7ccccc7o6)cc5n(-c5cccc(-c6ccccn6)c5)c4c3)cc2)cc1. The molecule has 216 valence electrons. The van der Waals surface area contributed by atoms with Crippen molar-refractivity contribution in [1.82, 2.24) is 14.5 Å². The van der Waals surface area contributed by atoms with Crippen LogP contribution in [-0.2, 0) is 0 Å². The van der Waals surface area contributed by atoms with Gasteiger partial charge in [0.1, 0.15) is 5.52 Å². The molecule has 0 radical (unpaired) electrons.